The third-order valence-corrected chi connectivity index (χ3v) is 7.06. The van der Waals surface area contributed by atoms with E-state index in [0.717, 1.165) is 35.7 Å². The Labute approximate surface area is 226 Å². The van der Waals surface area contributed by atoms with E-state index in [1.165, 1.54) is 70.6 Å². The molecule has 5 heteroatoms. The van der Waals surface area contributed by atoms with E-state index in [1.807, 2.05) is 35.2 Å². The average molecular weight is 512 g/mol. The van der Waals surface area contributed by atoms with Gasteiger partial charge in [0.05, 0.1) is 20.3 Å². The van der Waals surface area contributed by atoms with Crippen molar-refractivity contribution in [1.82, 2.24) is 4.90 Å². The highest BCUT2D eigenvalue weighted by atomic mass is 16.5. The number of rotatable bonds is 20. The van der Waals surface area contributed by atoms with Gasteiger partial charge in [0.1, 0.15) is 13.1 Å². The molecule has 0 N–H and O–H groups in total. The summed E-state index contributed by atoms with van der Waals surface area (Å²) in [4.78, 5) is 14.4. The van der Waals surface area contributed by atoms with Crippen LogP contribution in [0.5, 0.6) is 11.5 Å². The summed E-state index contributed by atoms with van der Waals surface area (Å²) in [6.07, 6.45) is 17.9. The number of methoxy groups -OCH3 is 1. The number of hydrogen-bond acceptors (Lipinski definition) is 3. The maximum absolute atomic E-state index is 12.5. The Morgan fingerprint density at radius 1 is 0.811 bits per heavy atom. The molecule has 0 unspecified atom stereocenters. The van der Waals surface area contributed by atoms with E-state index in [4.69, 9.17) is 9.47 Å². The zero-order valence-corrected chi connectivity index (χ0v) is 24.0. The first-order valence-corrected chi connectivity index (χ1v) is 14.6. The number of pyridine rings is 1. The van der Waals surface area contributed by atoms with Gasteiger partial charge in [-0.2, -0.15) is 0 Å². The van der Waals surface area contributed by atoms with Crippen LogP contribution in [0, 0.1) is 0 Å². The van der Waals surface area contributed by atoms with Gasteiger partial charge in [0, 0.05) is 24.6 Å². The molecule has 0 atom stereocenters. The second-order valence-corrected chi connectivity index (χ2v) is 10.0. The lowest BCUT2D eigenvalue weighted by atomic mass is 10.1. The number of nitrogens with zero attached hydrogens (tertiary/aromatic N) is 2. The number of carbonyl (C=O) groups excluding carboxylic acids is 1. The number of ether oxygens (including phenoxy) is 2. The van der Waals surface area contributed by atoms with Crippen molar-refractivity contribution in [2.45, 2.75) is 117 Å². The summed E-state index contributed by atoms with van der Waals surface area (Å²) in [7, 11) is 1.67. The van der Waals surface area contributed by atoms with Crippen LogP contribution >= 0.6 is 0 Å². The number of aromatic nitrogens is 1. The minimum Gasteiger partial charge on any atom is -0.493 e. The summed E-state index contributed by atoms with van der Waals surface area (Å²) >= 11 is 0. The van der Waals surface area contributed by atoms with Crippen molar-refractivity contribution in [2.75, 3.05) is 13.7 Å². The molecule has 0 spiro atoms. The smallest absolute Gasteiger partial charge is 0.220 e. The minimum absolute atomic E-state index is 0.0428. The predicted octanol–water partition coefficient (Wildman–Crippen LogP) is 7.63. The fourth-order valence-electron chi connectivity index (χ4n) is 4.77. The van der Waals surface area contributed by atoms with Crippen LogP contribution < -0.4 is 14.0 Å². The highest BCUT2D eigenvalue weighted by molar-refractivity contribution is 5.73. The topological polar surface area (TPSA) is 42.7 Å². The van der Waals surface area contributed by atoms with E-state index < -0.39 is 0 Å². The zero-order chi connectivity index (χ0) is 26.7. The summed E-state index contributed by atoms with van der Waals surface area (Å²) in [5, 5.41) is 0. The number of carbonyl (C=O) groups is 1. The normalized spacial score (nSPS) is 10.9. The molecule has 1 amide bonds. The number of aryl methyl sites for hydroxylation is 1. The third kappa shape index (κ3) is 11.6. The van der Waals surface area contributed by atoms with Gasteiger partial charge in [-0.15, -0.1) is 0 Å². The molecule has 0 aliphatic carbocycles. The predicted molar refractivity (Wildman–Crippen MR) is 152 cm³/mol. The molecule has 0 aliphatic rings. The molecular formula is C32H51N2O3+. The van der Waals surface area contributed by atoms with Crippen LogP contribution in [-0.2, 0) is 24.4 Å². The van der Waals surface area contributed by atoms with Gasteiger partial charge in [-0.3, -0.25) is 4.79 Å². The fourth-order valence-corrected chi connectivity index (χ4v) is 4.77. The molecule has 1 aromatic carbocycles. The Kier molecular flexibility index (Phi) is 15.5. The molecule has 0 bridgehead atoms. The summed E-state index contributed by atoms with van der Waals surface area (Å²) in [6.45, 7) is 8.60. The van der Waals surface area contributed by atoms with Crippen LogP contribution in [0.3, 0.4) is 0 Å². The Hall–Kier alpha value is -2.56. The lowest BCUT2D eigenvalue weighted by molar-refractivity contribution is -0.701. The summed E-state index contributed by atoms with van der Waals surface area (Å²) in [6, 6.07) is 12.1. The number of benzene rings is 1. The monoisotopic (exact) mass is 511 g/mol. The van der Waals surface area contributed by atoms with Gasteiger partial charge >= 0.3 is 0 Å². The van der Waals surface area contributed by atoms with Gasteiger partial charge < -0.3 is 14.4 Å². The van der Waals surface area contributed by atoms with Gasteiger partial charge in [-0.25, -0.2) is 4.57 Å². The first kappa shape index (κ1) is 30.7. The second kappa shape index (κ2) is 18.6. The Bertz CT molecular complexity index is 899. The number of unbranched alkanes of at least 4 members (excludes halogenated alkanes) is 11. The van der Waals surface area contributed by atoms with Crippen molar-refractivity contribution in [2.24, 2.45) is 0 Å². The number of hydrogen-bond donors (Lipinski definition) is 0. The van der Waals surface area contributed by atoms with Crippen molar-refractivity contribution >= 4 is 5.91 Å². The second-order valence-electron chi connectivity index (χ2n) is 10.0. The van der Waals surface area contributed by atoms with E-state index in [-0.39, 0.29) is 5.91 Å². The molecule has 0 saturated carbocycles. The van der Waals surface area contributed by atoms with Crippen LogP contribution in [0.2, 0.25) is 0 Å². The van der Waals surface area contributed by atoms with Crippen molar-refractivity contribution in [3.63, 3.8) is 0 Å². The summed E-state index contributed by atoms with van der Waals surface area (Å²) in [5.41, 5.74) is 2.09. The van der Waals surface area contributed by atoms with E-state index in [0.29, 0.717) is 19.7 Å². The van der Waals surface area contributed by atoms with E-state index >= 15 is 0 Å². The van der Waals surface area contributed by atoms with Gasteiger partial charge in [0.15, 0.2) is 17.7 Å². The average Bonchev–Trinajstić information content (AvgIpc) is 2.91. The van der Waals surface area contributed by atoms with E-state index in [1.54, 1.807) is 14.0 Å². The first-order valence-electron chi connectivity index (χ1n) is 14.6. The van der Waals surface area contributed by atoms with Crippen LogP contribution in [0.15, 0.2) is 42.6 Å². The maximum Gasteiger partial charge on any atom is 0.220 e. The fraction of sp³-hybridized carbons (Fsp3) is 0.625. The van der Waals surface area contributed by atoms with Crippen LogP contribution in [0.1, 0.15) is 109 Å². The third-order valence-electron chi connectivity index (χ3n) is 7.06. The minimum atomic E-state index is 0.0428. The Balaban J connectivity index is 1.82. The van der Waals surface area contributed by atoms with E-state index in [2.05, 4.69) is 30.7 Å². The largest absolute Gasteiger partial charge is 0.493 e. The highest BCUT2D eigenvalue weighted by Crippen LogP contribution is 2.32. The standard InChI is InChI=1S/C32H51N2O3/c1-5-7-8-9-10-11-12-13-14-15-16-19-25-37-32-29(21-20-23-31(32)36-4)26-34(28(3)35)27-30-22-17-18-24-33(30)6-2/h17-18,20-24H,5-16,19,25-27H2,1-4H3/q+1. The molecule has 5 nitrogen and oxygen atoms in total. The first-order chi connectivity index (χ1) is 18.1. The molecule has 37 heavy (non-hydrogen) atoms. The number of amides is 1. The quantitative estimate of drug-likeness (QED) is 0.136. The molecule has 1 aromatic heterocycles. The van der Waals surface area contributed by atoms with E-state index in [9.17, 15) is 4.79 Å². The molecule has 0 fully saturated rings. The molecule has 206 valence electrons. The number of para-hydroxylation sites is 1. The zero-order valence-electron chi connectivity index (χ0n) is 24.0. The molecule has 0 aliphatic heterocycles. The van der Waals surface area contributed by atoms with Gasteiger partial charge in [0.25, 0.3) is 0 Å². The Morgan fingerprint density at radius 2 is 1.46 bits per heavy atom. The van der Waals surface area contributed by atoms with Crippen LogP contribution in [-0.4, -0.2) is 24.5 Å². The molecule has 2 rings (SSSR count). The molecule has 2 aromatic rings. The van der Waals surface area contributed by atoms with Crippen LogP contribution in [0.25, 0.3) is 0 Å². The van der Waals surface area contributed by atoms with Gasteiger partial charge in [0.2, 0.25) is 11.6 Å². The molecule has 0 saturated heterocycles. The maximum atomic E-state index is 12.5. The van der Waals surface area contributed by atoms with Gasteiger partial charge in [-0.05, 0) is 19.4 Å². The summed E-state index contributed by atoms with van der Waals surface area (Å²) < 4.78 is 14.0. The SMILES string of the molecule is CCCCCCCCCCCCCCOc1c(CN(Cc2cccc[n+]2CC)C(C)=O)cccc1OC. The van der Waals surface area contributed by atoms with Crippen molar-refractivity contribution < 1.29 is 18.8 Å². The molecular weight excluding hydrogens is 460 g/mol. The lowest BCUT2D eigenvalue weighted by Crippen LogP contribution is -2.40. The van der Waals surface area contributed by atoms with Gasteiger partial charge in [-0.1, -0.05) is 95.8 Å². The van der Waals surface area contributed by atoms with Crippen molar-refractivity contribution in [1.29, 1.82) is 0 Å². The highest BCUT2D eigenvalue weighted by Gasteiger charge is 2.20. The molecule has 1 heterocycles. The molecule has 0 radical (unpaired) electrons. The van der Waals surface area contributed by atoms with Crippen molar-refractivity contribution in [3.05, 3.63) is 53.9 Å². The lowest BCUT2D eigenvalue weighted by Gasteiger charge is -2.22. The van der Waals surface area contributed by atoms with Crippen molar-refractivity contribution in [3.8, 4) is 11.5 Å². The Morgan fingerprint density at radius 3 is 2.05 bits per heavy atom. The summed E-state index contributed by atoms with van der Waals surface area (Å²) in [5.74, 6) is 1.53. The van der Waals surface area contributed by atoms with Crippen LogP contribution in [0.4, 0.5) is 0 Å².